The lowest BCUT2D eigenvalue weighted by atomic mass is 9.93. The van der Waals surface area contributed by atoms with Crippen LogP contribution in [0.5, 0.6) is 0 Å². The highest BCUT2D eigenvalue weighted by molar-refractivity contribution is 5.76. The van der Waals surface area contributed by atoms with Crippen LogP contribution in [0, 0.1) is 5.92 Å². The Morgan fingerprint density at radius 1 is 1.43 bits per heavy atom. The number of hydrogen-bond donors (Lipinski definition) is 1. The van der Waals surface area contributed by atoms with Crippen LogP contribution in [0.25, 0.3) is 0 Å². The van der Waals surface area contributed by atoms with Crippen molar-refractivity contribution in [2.45, 2.75) is 58.5 Å². The zero-order valence-corrected chi connectivity index (χ0v) is 14.6. The molecule has 0 aliphatic heterocycles. The van der Waals surface area contributed by atoms with Gasteiger partial charge < -0.3 is 10.2 Å². The Hall–Kier alpha value is -1.85. The second kappa shape index (κ2) is 7.62. The predicted octanol–water partition coefficient (Wildman–Crippen LogP) is 1.90. The zero-order chi connectivity index (χ0) is 17.0. The minimum absolute atomic E-state index is 0.0161. The van der Waals surface area contributed by atoms with Gasteiger partial charge in [0.1, 0.15) is 6.54 Å². The summed E-state index contributed by atoms with van der Waals surface area (Å²) in [5.41, 5.74) is 2.08. The van der Waals surface area contributed by atoms with Crippen molar-refractivity contribution in [1.29, 1.82) is 0 Å². The molecule has 0 saturated carbocycles. The molecular weight excluding hydrogens is 292 g/mol. The van der Waals surface area contributed by atoms with E-state index in [9.17, 15) is 9.59 Å². The van der Waals surface area contributed by atoms with Crippen LogP contribution < -0.4 is 5.32 Å². The van der Waals surface area contributed by atoms with Crippen molar-refractivity contribution in [2.75, 3.05) is 14.1 Å². The van der Waals surface area contributed by atoms with E-state index >= 15 is 0 Å². The molecule has 1 unspecified atom stereocenters. The molecule has 6 nitrogen and oxygen atoms in total. The number of carbonyl (C=O) groups excluding carboxylic acids is 2. The molecule has 23 heavy (non-hydrogen) atoms. The average Bonchev–Trinajstić information content (AvgIpc) is 2.88. The third-order valence-corrected chi connectivity index (χ3v) is 4.22. The molecule has 0 saturated heterocycles. The molecule has 1 N–H and O–H groups in total. The first-order valence-electron chi connectivity index (χ1n) is 8.42. The number of nitrogens with zero attached hydrogens (tertiary/aromatic N) is 3. The molecule has 2 amide bonds. The second-order valence-electron chi connectivity index (χ2n) is 6.97. The van der Waals surface area contributed by atoms with Gasteiger partial charge in [0.2, 0.25) is 11.8 Å². The quantitative estimate of drug-likeness (QED) is 0.870. The maximum Gasteiger partial charge on any atom is 0.243 e. The Morgan fingerprint density at radius 2 is 2.17 bits per heavy atom. The van der Waals surface area contributed by atoms with Crippen LogP contribution in [0.4, 0.5) is 0 Å². The van der Waals surface area contributed by atoms with Crippen molar-refractivity contribution in [2.24, 2.45) is 5.92 Å². The molecule has 0 radical (unpaired) electrons. The third-order valence-electron chi connectivity index (χ3n) is 4.22. The first-order chi connectivity index (χ1) is 10.9. The number of fused-ring (bicyclic) bond motifs is 1. The van der Waals surface area contributed by atoms with Gasteiger partial charge in [-0.15, -0.1) is 0 Å². The molecule has 0 spiro atoms. The molecule has 0 aromatic carbocycles. The number of carbonyl (C=O) groups is 2. The second-order valence-corrected chi connectivity index (χ2v) is 6.97. The smallest absolute Gasteiger partial charge is 0.243 e. The molecule has 1 aliphatic rings. The van der Waals surface area contributed by atoms with Crippen LogP contribution in [-0.2, 0) is 22.6 Å². The number of aryl methyl sites for hydroxylation is 1. The van der Waals surface area contributed by atoms with Gasteiger partial charge >= 0.3 is 0 Å². The maximum atomic E-state index is 12.1. The molecule has 6 heteroatoms. The fraction of sp³-hybridized carbons (Fsp3) is 0.706. The molecule has 2 rings (SSSR count). The molecule has 128 valence electrons. The van der Waals surface area contributed by atoms with E-state index < -0.39 is 0 Å². The molecule has 1 atom stereocenters. The Bertz CT molecular complexity index is 563. The van der Waals surface area contributed by atoms with Gasteiger partial charge in [-0.25, -0.2) is 0 Å². The number of amides is 2. The zero-order valence-electron chi connectivity index (χ0n) is 14.6. The van der Waals surface area contributed by atoms with Crippen molar-refractivity contribution in [3.63, 3.8) is 0 Å². The van der Waals surface area contributed by atoms with Crippen LogP contribution in [0.15, 0.2) is 6.20 Å². The lowest BCUT2D eigenvalue weighted by Gasteiger charge is -2.22. The lowest BCUT2D eigenvalue weighted by Crippen LogP contribution is -2.31. The van der Waals surface area contributed by atoms with E-state index in [0.717, 1.165) is 36.9 Å². The molecule has 1 heterocycles. The highest BCUT2D eigenvalue weighted by atomic mass is 16.2. The molecule has 1 aliphatic carbocycles. The molecule has 0 bridgehead atoms. The Labute approximate surface area is 138 Å². The predicted molar refractivity (Wildman–Crippen MR) is 88.8 cm³/mol. The Balaban J connectivity index is 2.02. The highest BCUT2D eigenvalue weighted by Crippen LogP contribution is 2.28. The molecule has 1 aromatic heterocycles. The number of hydrogen-bond acceptors (Lipinski definition) is 3. The minimum atomic E-state index is -0.0193. The van der Waals surface area contributed by atoms with Crippen LogP contribution in [0.1, 0.15) is 56.8 Å². The van der Waals surface area contributed by atoms with E-state index in [1.807, 2.05) is 6.20 Å². The number of aromatic nitrogens is 2. The van der Waals surface area contributed by atoms with Gasteiger partial charge in [-0.3, -0.25) is 14.3 Å². The van der Waals surface area contributed by atoms with Gasteiger partial charge in [0.15, 0.2) is 0 Å². The van der Waals surface area contributed by atoms with Gasteiger partial charge in [0.05, 0.1) is 11.7 Å². The van der Waals surface area contributed by atoms with Crippen LogP contribution in [-0.4, -0.2) is 40.6 Å². The Kier molecular flexibility index (Phi) is 5.80. The first kappa shape index (κ1) is 17.5. The van der Waals surface area contributed by atoms with Crippen LogP contribution >= 0.6 is 0 Å². The van der Waals surface area contributed by atoms with E-state index in [2.05, 4.69) is 24.3 Å². The maximum absolute atomic E-state index is 12.1. The van der Waals surface area contributed by atoms with Crippen LogP contribution in [0.2, 0.25) is 0 Å². The summed E-state index contributed by atoms with van der Waals surface area (Å²) in [5.74, 6) is 0.636. The van der Waals surface area contributed by atoms with E-state index in [1.165, 1.54) is 0 Å². The van der Waals surface area contributed by atoms with Gasteiger partial charge in [-0.05, 0) is 37.2 Å². The van der Waals surface area contributed by atoms with Gasteiger partial charge in [0, 0.05) is 26.7 Å². The van der Waals surface area contributed by atoms with E-state index in [1.54, 1.807) is 23.7 Å². The fourth-order valence-corrected chi connectivity index (χ4v) is 2.78. The standard InChI is InChI=1S/C17H28N4O2/c1-12(2)8-9-15(22)18-14-7-5-6-13-10-21(19-17(13)14)11-16(23)20(3)4/h10,12,14H,5-9,11H2,1-4H3,(H,18,22). The van der Waals surface area contributed by atoms with E-state index in [-0.39, 0.29) is 24.4 Å². The Morgan fingerprint density at radius 3 is 2.83 bits per heavy atom. The summed E-state index contributed by atoms with van der Waals surface area (Å²) < 4.78 is 1.70. The monoisotopic (exact) mass is 320 g/mol. The summed E-state index contributed by atoms with van der Waals surface area (Å²) in [4.78, 5) is 25.5. The van der Waals surface area contributed by atoms with E-state index in [0.29, 0.717) is 12.3 Å². The number of rotatable bonds is 6. The summed E-state index contributed by atoms with van der Waals surface area (Å²) in [7, 11) is 3.48. The van der Waals surface area contributed by atoms with Gasteiger partial charge in [0.25, 0.3) is 0 Å². The third kappa shape index (κ3) is 4.81. The number of likely N-dealkylation sites (N-methyl/N-ethyl adjacent to an activating group) is 1. The van der Waals surface area contributed by atoms with Crippen molar-refractivity contribution in [3.05, 3.63) is 17.5 Å². The molecule has 0 fully saturated rings. The van der Waals surface area contributed by atoms with Gasteiger partial charge in [-0.2, -0.15) is 5.10 Å². The summed E-state index contributed by atoms with van der Waals surface area (Å²) in [5, 5.41) is 7.67. The first-order valence-corrected chi connectivity index (χ1v) is 8.42. The lowest BCUT2D eigenvalue weighted by molar-refractivity contribution is -0.129. The number of nitrogens with one attached hydrogen (secondary N) is 1. The average molecular weight is 320 g/mol. The van der Waals surface area contributed by atoms with Crippen molar-refractivity contribution >= 4 is 11.8 Å². The minimum Gasteiger partial charge on any atom is -0.348 e. The fourth-order valence-electron chi connectivity index (χ4n) is 2.78. The van der Waals surface area contributed by atoms with Gasteiger partial charge in [-0.1, -0.05) is 13.8 Å². The summed E-state index contributed by atoms with van der Waals surface area (Å²) in [6.45, 7) is 4.48. The van der Waals surface area contributed by atoms with E-state index in [4.69, 9.17) is 0 Å². The topological polar surface area (TPSA) is 67.2 Å². The highest BCUT2D eigenvalue weighted by Gasteiger charge is 2.25. The SMILES string of the molecule is CC(C)CCC(=O)NC1CCCc2cn(CC(=O)N(C)C)nc21. The summed E-state index contributed by atoms with van der Waals surface area (Å²) >= 11 is 0. The normalized spacial score (nSPS) is 17.0. The molecule has 1 aromatic rings. The summed E-state index contributed by atoms with van der Waals surface area (Å²) in [6.07, 6.45) is 6.32. The van der Waals surface area contributed by atoms with Crippen molar-refractivity contribution < 1.29 is 9.59 Å². The molecular formula is C17H28N4O2. The van der Waals surface area contributed by atoms with Crippen molar-refractivity contribution in [1.82, 2.24) is 20.0 Å². The summed E-state index contributed by atoms with van der Waals surface area (Å²) in [6, 6.07) is -0.0193. The van der Waals surface area contributed by atoms with Crippen molar-refractivity contribution in [3.8, 4) is 0 Å². The van der Waals surface area contributed by atoms with Crippen LogP contribution in [0.3, 0.4) is 0 Å². The largest absolute Gasteiger partial charge is 0.348 e.